The molecule has 0 spiro atoms. The lowest BCUT2D eigenvalue weighted by Crippen LogP contribution is -2.36. The van der Waals surface area contributed by atoms with Crippen LogP contribution in [0.15, 0.2) is 6.07 Å². The van der Waals surface area contributed by atoms with Crippen molar-refractivity contribution in [1.82, 2.24) is 9.97 Å². The van der Waals surface area contributed by atoms with Crippen LogP contribution in [0.5, 0.6) is 0 Å². The molecule has 0 amide bonds. The van der Waals surface area contributed by atoms with Gasteiger partial charge in [-0.1, -0.05) is 0 Å². The van der Waals surface area contributed by atoms with Crippen LogP contribution in [0.3, 0.4) is 0 Å². The van der Waals surface area contributed by atoms with Crippen molar-refractivity contribution >= 4 is 11.6 Å². The Kier molecular flexibility index (Phi) is 4.89. The van der Waals surface area contributed by atoms with E-state index >= 15 is 0 Å². The van der Waals surface area contributed by atoms with Crippen molar-refractivity contribution in [3.63, 3.8) is 0 Å². The van der Waals surface area contributed by atoms with Crippen LogP contribution in [0, 0.1) is 0 Å². The van der Waals surface area contributed by atoms with Gasteiger partial charge in [0.25, 0.3) is 0 Å². The fourth-order valence-electron chi connectivity index (χ4n) is 2.07. The Morgan fingerprint density at radius 2 is 2.21 bits per heavy atom. The van der Waals surface area contributed by atoms with Gasteiger partial charge in [-0.05, 0) is 19.8 Å². The molecule has 0 aromatic carbocycles. The van der Waals surface area contributed by atoms with Gasteiger partial charge >= 0.3 is 0 Å². The van der Waals surface area contributed by atoms with Crippen LogP contribution < -0.4 is 16.2 Å². The molecule has 7 heteroatoms. The van der Waals surface area contributed by atoms with E-state index in [0.717, 1.165) is 31.7 Å². The molecule has 1 aliphatic heterocycles. The highest BCUT2D eigenvalue weighted by molar-refractivity contribution is 5.49. The van der Waals surface area contributed by atoms with Crippen molar-refractivity contribution < 1.29 is 9.84 Å². The summed E-state index contributed by atoms with van der Waals surface area (Å²) in [5, 5.41) is 9.53. The zero-order valence-corrected chi connectivity index (χ0v) is 11.2. The second kappa shape index (κ2) is 6.65. The van der Waals surface area contributed by atoms with Crippen LogP contribution in [0.2, 0.25) is 0 Å². The van der Waals surface area contributed by atoms with Crippen molar-refractivity contribution in [3.8, 4) is 0 Å². The van der Waals surface area contributed by atoms with Gasteiger partial charge in [0, 0.05) is 25.8 Å². The number of aliphatic hydroxyl groups excluding tert-OH is 1. The van der Waals surface area contributed by atoms with Gasteiger partial charge in [0.05, 0.1) is 6.10 Å². The monoisotopic (exact) mass is 267 g/mol. The van der Waals surface area contributed by atoms with E-state index in [0.29, 0.717) is 24.9 Å². The molecule has 2 rings (SSSR count). The molecule has 106 valence electrons. The lowest BCUT2D eigenvalue weighted by molar-refractivity contribution is 0.128. The normalized spacial score (nSPS) is 16.7. The second-order valence-electron chi connectivity index (χ2n) is 4.53. The Labute approximate surface area is 112 Å². The van der Waals surface area contributed by atoms with E-state index < -0.39 is 0 Å². The van der Waals surface area contributed by atoms with Crippen molar-refractivity contribution in [1.29, 1.82) is 0 Å². The molecule has 1 fully saturated rings. The quantitative estimate of drug-likeness (QED) is 0.520. The van der Waals surface area contributed by atoms with E-state index in [1.54, 1.807) is 0 Å². The number of nitrogens with two attached hydrogens (primary N) is 1. The van der Waals surface area contributed by atoms with E-state index in [9.17, 15) is 5.11 Å². The molecule has 1 saturated heterocycles. The van der Waals surface area contributed by atoms with Crippen LogP contribution in [0.1, 0.15) is 25.6 Å². The van der Waals surface area contributed by atoms with Crippen molar-refractivity contribution in [2.45, 2.75) is 32.5 Å². The Morgan fingerprint density at radius 1 is 1.47 bits per heavy atom. The van der Waals surface area contributed by atoms with E-state index in [-0.39, 0.29) is 6.10 Å². The number of hydrogen-bond acceptors (Lipinski definition) is 7. The number of aliphatic hydroxyl groups is 1. The fraction of sp³-hybridized carbons (Fsp3) is 0.667. The molecule has 0 aliphatic carbocycles. The highest BCUT2D eigenvalue weighted by Crippen LogP contribution is 2.20. The maximum Gasteiger partial charge on any atom is 0.158 e. The lowest BCUT2D eigenvalue weighted by atomic mass is 10.1. The number of nitrogens with zero attached hydrogens (tertiary/aromatic N) is 3. The third kappa shape index (κ3) is 3.76. The van der Waals surface area contributed by atoms with Crippen LogP contribution in [-0.2, 0) is 11.3 Å². The second-order valence-corrected chi connectivity index (χ2v) is 4.53. The van der Waals surface area contributed by atoms with Gasteiger partial charge in [-0.2, -0.15) is 0 Å². The van der Waals surface area contributed by atoms with Gasteiger partial charge in [-0.3, -0.25) is 0 Å². The Morgan fingerprint density at radius 3 is 2.84 bits per heavy atom. The smallest absolute Gasteiger partial charge is 0.158 e. The largest absolute Gasteiger partial charge is 0.393 e. The van der Waals surface area contributed by atoms with Gasteiger partial charge in [0.15, 0.2) is 5.82 Å². The van der Waals surface area contributed by atoms with Crippen molar-refractivity contribution in [2.75, 3.05) is 30.0 Å². The first kappa shape index (κ1) is 14.0. The van der Waals surface area contributed by atoms with E-state index in [4.69, 9.17) is 10.6 Å². The van der Waals surface area contributed by atoms with Gasteiger partial charge in [-0.15, -0.1) is 0 Å². The van der Waals surface area contributed by atoms with E-state index in [1.807, 2.05) is 13.0 Å². The van der Waals surface area contributed by atoms with Crippen LogP contribution in [-0.4, -0.2) is 40.9 Å². The fourth-order valence-corrected chi connectivity index (χ4v) is 2.07. The van der Waals surface area contributed by atoms with Gasteiger partial charge in [0.1, 0.15) is 18.2 Å². The molecule has 7 nitrogen and oxygen atoms in total. The lowest BCUT2D eigenvalue weighted by Gasteiger charge is -2.30. The first-order valence-corrected chi connectivity index (χ1v) is 6.58. The topological polar surface area (TPSA) is 96.5 Å². The summed E-state index contributed by atoms with van der Waals surface area (Å²) in [5.74, 6) is 7.44. The molecule has 0 saturated carbocycles. The number of hydrazine groups is 1. The average Bonchev–Trinajstić information content (AvgIpc) is 2.45. The SMILES string of the molecule is CCOCc1nc(NN)cc(N2CCC(O)CC2)n1. The molecule has 0 bridgehead atoms. The summed E-state index contributed by atoms with van der Waals surface area (Å²) in [5.41, 5.74) is 2.55. The zero-order valence-electron chi connectivity index (χ0n) is 11.2. The number of piperidine rings is 1. The minimum absolute atomic E-state index is 0.201. The summed E-state index contributed by atoms with van der Waals surface area (Å²) in [6.07, 6.45) is 1.32. The molecule has 1 aromatic heterocycles. The minimum atomic E-state index is -0.201. The summed E-state index contributed by atoms with van der Waals surface area (Å²) in [6, 6.07) is 1.81. The summed E-state index contributed by atoms with van der Waals surface area (Å²) >= 11 is 0. The van der Waals surface area contributed by atoms with Crippen LogP contribution >= 0.6 is 0 Å². The molecule has 0 radical (unpaired) electrons. The van der Waals surface area contributed by atoms with Crippen LogP contribution in [0.4, 0.5) is 11.6 Å². The van der Waals surface area contributed by atoms with Crippen molar-refractivity contribution in [3.05, 3.63) is 11.9 Å². The first-order valence-electron chi connectivity index (χ1n) is 6.58. The number of anilines is 2. The van der Waals surface area contributed by atoms with E-state index in [1.165, 1.54) is 0 Å². The molecule has 4 N–H and O–H groups in total. The van der Waals surface area contributed by atoms with Gasteiger partial charge in [0.2, 0.25) is 0 Å². The maximum absolute atomic E-state index is 9.53. The molecule has 1 aliphatic rings. The van der Waals surface area contributed by atoms with Crippen molar-refractivity contribution in [2.24, 2.45) is 5.84 Å². The highest BCUT2D eigenvalue weighted by atomic mass is 16.5. The van der Waals surface area contributed by atoms with E-state index in [2.05, 4.69) is 20.3 Å². The molecule has 2 heterocycles. The molecule has 0 unspecified atom stereocenters. The Hall–Kier alpha value is -1.44. The summed E-state index contributed by atoms with van der Waals surface area (Å²) in [7, 11) is 0. The Bertz CT molecular complexity index is 407. The number of nitrogens with one attached hydrogen (secondary N) is 1. The first-order chi connectivity index (χ1) is 9.22. The molecular formula is C12H21N5O2. The number of rotatable bonds is 5. The number of nitrogen functional groups attached to an aromatic ring is 1. The van der Waals surface area contributed by atoms with Gasteiger partial charge in [-0.25, -0.2) is 15.8 Å². The summed E-state index contributed by atoms with van der Waals surface area (Å²) < 4.78 is 5.33. The maximum atomic E-state index is 9.53. The zero-order chi connectivity index (χ0) is 13.7. The van der Waals surface area contributed by atoms with Crippen LogP contribution in [0.25, 0.3) is 0 Å². The summed E-state index contributed by atoms with van der Waals surface area (Å²) in [4.78, 5) is 10.9. The minimum Gasteiger partial charge on any atom is -0.393 e. The average molecular weight is 267 g/mol. The highest BCUT2D eigenvalue weighted by Gasteiger charge is 2.19. The molecule has 1 aromatic rings. The predicted octanol–water partition coefficient (Wildman–Crippen LogP) is 0.260. The number of aromatic nitrogens is 2. The molecule has 19 heavy (non-hydrogen) atoms. The third-order valence-electron chi connectivity index (χ3n) is 3.13. The number of hydrogen-bond donors (Lipinski definition) is 3. The molecule has 0 atom stereocenters. The number of ether oxygens (including phenoxy) is 1. The molecular weight excluding hydrogens is 246 g/mol. The standard InChI is InChI=1S/C12H21N5O2/c1-2-19-8-11-14-10(16-13)7-12(15-11)17-5-3-9(18)4-6-17/h7,9,18H,2-6,8,13H2,1H3,(H,14,15,16). The predicted molar refractivity (Wildman–Crippen MR) is 72.6 cm³/mol. The summed E-state index contributed by atoms with van der Waals surface area (Å²) in [6.45, 7) is 4.49. The van der Waals surface area contributed by atoms with Gasteiger partial charge < -0.3 is 20.2 Å². The third-order valence-corrected chi connectivity index (χ3v) is 3.13. The Balaban J connectivity index is 2.14.